The van der Waals surface area contributed by atoms with Gasteiger partial charge in [-0.15, -0.1) is 11.3 Å². The highest BCUT2D eigenvalue weighted by Crippen LogP contribution is 2.20. The normalized spacial score (nSPS) is 10.3. The van der Waals surface area contributed by atoms with Gasteiger partial charge in [-0.25, -0.2) is 0 Å². The van der Waals surface area contributed by atoms with Gasteiger partial charge in [0, 0.05) is 27.1 Å². The lowest BCUT2D eigenvalue weighted by Crippen LogP contribution is -2.25. The van der Waals surface area contributed by atoms with Gasteiger partial charge in [0.2, 0.25) is 0 Å². The highest BCUT2D eigenvalue weighted by molar-refractivity contribution is 9.10. The lowest BCUT2D eigenvalue weighted by Gasteiger charge is -2.06. The third kappa shape index (κ3) is 3.34. The van der Waals surface area contributed by atoms with E-state index in [2.05, 4.69) is 27.3 Å². The highest BCUT2D eigenvalue weighted by Gasteiger charge is 2.06. The molecule has 1 aromatic carbocycles. The van der Waals surface area contributed by atoms with E-state index in [1.54, 1.807) is 29.5 Å². The molecule has 0 unspecified atom stereocenters. The SMILES string of the molecule is Nc1ccc(C(=O)NCCc2cccs2)cc1Br. The number of benzene rings is 1. The van der Waals surface area contributed by atoms with Crippen LogP contribution in [0.2, 0.25) is 0 Å². The minimum atomic E-state index is -0.0766. The van der Waals surface area contributed by atoms with Crippen molar-refractivity contribution in [2.75, 3.05) is 12.3 Å². The second-order valence-corrected chi connectivity index (χ2v) is 5.71. The van der Waals surface area contributed by atoms with Crippen LogP contribution in [-0.4, -0.2) is 12.5 Å². The van der Waals surface area contributed by atoms with Crippen LogP contribution in [-0.2, 0) is 6.42 Å². The lowest BCUT2D eigenvalue weighted by molar-refractivity contribution is 0.0954. The molecule has 0 saturated heterocycles. The first-order chi connectivity index (χ1) is 8.66. The van der Waals surface area contributed by atoms with E-state index < -0.39 is 0 Å². The average Bonchev–Trinajstić information content (AvgIpc) is 2.85. The Hall–Kier alpha value is -1.33. The predicted octanol–water partition coefficient (Wildman–Crippen LogP) is 3.07. The first-order valence-electron chi connectivity index (χ1n) is 5.52. The van der Waals surface area contributed by atoms with Crippen LogP contribution in [0.3, 0.4) is 0 Å². The van der Waals surface area contributed by atoms with Gasteiger partial charge in [0.1, 0.15) is 0 Å². The van der Waals surface area contributed by atoms with Crippen LogP contribution < -0.4 is 11.1 Å². The van der Waals surface area contributed by atoms with E-state index >= 15 is 0 Å². The molecule has 3 N–H and O–H groups in total. The second kappa shape index (κ2) is 6.02. The summed E-state index contributed by atoms with van der Waals surface area (Å²) in [5.41, 5.74) is 6.92. The molecular weight excluding hydrogens is 312 g/mol. The Morgan fingerprint density at radius 3 is 2.89 bits per heavy atom. The van der Waals surface area contributed by atoms with E-state index in [-0.39, 0.29) is 5.91 Å². The van der Waals surface area contributed by atoms with Crippen LogP contribution in [0.4, 0.5) is 5.69 Å². The summed E-state index contributed by atoms with van der Waals surface area (Å²) in [6.07, 6.45) is 0.861. The van der Waals surface area contributed by atoms with Crippen LogP contribution in [0.15, 0.2) is 40.2 Å². The number of rotatable bonds is 4. The molecule has 0 saturated carbocycles. The lowest BCUT2D eigenvalue weighted by atomic mass is 10.2. The van der Waals surface area contributed by atoms with Crippen molar-refractivity contribution < 1.29 is 4.79 Å². The maximum absolute atomic E-state index is 11.9. The summed E-state index contributed by atoms with van der Waals surface area (Å²) < 4.78 is 0.744. The van der Waals surface area contributed by atoms with Crippen molar-refractivity contribution in [3.8, 4) is 0 Å². The molecule has 94 valence electrons. The van der Waals surface area contributed by atoms with Crippen LogP contribution in [0.25, 0.3) is 0 Å². The molecule has 0 radical (unpaired) electrons. The summed E-state index contributed by atoms with van der Waals surface area (Å²) in [5, 5.41) is 4.93. The molecule has 5 heteroatoms. The number of carbonyl (C=O) groups is 1. The molecule has 1 heterocycles. The zero-order valence-corrected chi connectivity index (χ0v) is 12.1. The van der Waals surface area contributed by atoms with Crippen molar-refractivity contribution >= 4 is 38.9 Å². The van der Waals surface area contributed by atoms with E-state index in [4.69, 9.17) is 5.73 Å². The van der Waals surface area contributed by atoms with E-state index in [1.807, 2.05) is 11.4 Å². The minimum Gasteiger partial charge on any atom is -0.398 e. The maximum atomic E-state index is 11.9. The molecule has 0 fully saturated rings. The van der Waals surface area contributed by atoms with Gasteiger partial charge in [-0.2, -0.15) is 0 Å². The molecule has 2 rings (SSSR count). The van der Waals surface area contributed by atoms with Crippen molar-refractivity contribution in [1.82, 2.24) is 5.32 Å². The van der Waals surface area contributed by atoms with Gasteiger partial charge in [-0.1, -0.05) is 6.07 Å². The summed E-state index contributed by atoms with van der Waals surface area (Å²) in [6.45, 7) is 0.640. The molecule has 1 aromatic heterocycles. The molecule has 18 heavy (non-hydrogen) atoms. The van der Waals surface area contributed by atoms with Gasteiger partial charge >= 0.3 is 0 Å². The van der Waals surface area contributed by atoms with Gasteiger partial charge in [-0.05, 0) is 52.0 Å². The number of hydrogen-bond donors (Lipinski definition) is 2. The van der Waals surface area contributed by atoms with Crippen molar-refractivity contribution in [3.05, 3.63) is 50.6 Å². The number of nitrogens with one attached hydrogen (secondary N) is 1. The standard InChI is InChI=1S/C13H13BrN2OS/c14-11-8-9(3-4-12(11)15)13(17)16-6-5-10-2-1-7-18-10/h1-4,7-8H,5-6,15H2,(H,16,17). The average molecular weight is 325 g/mol. The fraction of sp³-hybridized carbons (Fsp3) is 0.154. The Bertz CT molecular complexity index is 540. The van der Waals surface area contributed by atoms with Crippen LogP contribution in [0, 0.1) is 0 Å². The van der Waals surface area contributed by atoms with E-state index in [0.29, 0.717) is 17.8 Å². The second-order valence-electron chi connectivity index (χ2n) is 3.82. The highest BCUT2D eigenvalue weighted by atomic mass is 79.9. The van der Waals surface area contributed by atoms with Crippen LogP contribution in [0.5, 0.6) is 0 Å². The molecule has 0 aliphatic carbocycles. The molecule has 0 bridgehead atoms. The molecule has 2 aromatic rings. The predicted molar refractivity (Wildman–Crippen MR) is 78.9 cm³/mol. The number of nitrogens with two attached hydrogens (primary N) is 1. The van der Waals surface area contributed by atoms with E-state index in [0.717, 1.165) is 10.9 Å². The van der Waals surface area contributed by atoms with Gasteiger partial charge in [0.05, 0.1) is 0 Å². The topological polar surface area (TPSA) is 55.1 Å². The molecular formula is C13H13BrN2OS. The maximum Gasteiger partial charge on any atom is 0.251 e. The summed E-state index contributed by atoms with van der Waals surface area (Å²) in [6, 6.07) is 9.25. The zero-order chi connectivity index (χ0) is 13.0. The van der Waals surface area contributed by atoms with Crippen LogP contribution in [0.1, 0.15) is 15.2 Å². The number of hydrogen-bond acceptors (Lipinski definition) is 3. The molecule has 0 aliphatic heterocycles. The largest absolute Gasteiger partial charge is 0.398 e. The van der Waals surface area contributed by atoms with E-state index in [9.17, 15) is 4.79 Å². The fourth-order valence-electron chi connectivity index (χ4n) is 1.52. The van der Waals surface area contributed by atoms with Crippen LogP contribution >= 0.6 is 27.3 Å². The molecule has 0 spiro atoms. The third-order valence-corrected chi connectivity index (χ3v) is 4.12. The van der Waals surface area contributed by atoms with Crippen molar-refractivity contribution in [3.63, 3.8) is 0 Å². The Labute approximate surface area is 118 Å². The quantitative estimate of drug-likeness (QED) is 0.849. The molecule has 0 atom stereocenters. The number of thiophene rings is 1. The Kier molecular flexibility index (Phi) is 4.38. The number of anilines is 1. The third-order valence-electron chi connectivity index (χ3n) is 2.50. The van der Waals surface area contributed by atoms with E-state index in [1.165, 1.54) is 4.88 Å². The van der Waals surface area contributed by atoms with Gasteiger partial charge in [0.15, 0.2) is 0 Å². The molecule has 0 aliphatic rings. The monoisotopic (exact) mass is 324 g/mol. The Balaban J connectivity index is 1.89. The van der Waals surface area contributed by atoms with Gasteiger partial charge in [0.25, 0.3) is 5.91 Å². The fourth-order valence-corrected chi connectivity index (χ4v) is 2.61. The van der Waals surface area contributed by atoms with Crippen molar-refractivity contribution in [1.29, 1.82) is 0 Å². The zero-order valence-electron chi connectivity index (χ0n) is 9.65. The smallest absolute Gasteiger partial charge is 0.251 e. The number of carbonyl (C=O) groups excluding carboxylic acids is 1. The van der Waals surface area contributed by atoms with Crippen molar-refractivity contribution in [2.45, 2.75) is 6.42 Å². The number of nitrogen functional groups attached to an aromatic ring is 1. The summed E-state index contributed by atoms with van der Waals surface area (Å²) in [5.74, 6) is -0.0766. The Morgan fingerprint density at radius 2 is 2.22 bits per heavy atom. The number of amides is 1. The summed E-state index contributed by atoms with van der Waals surface area (Å²) in [7, 11) is 0. The Morgan fingerprint density at radius 1 is 1.39 bits per heavy atom. The van der Waals surface area contributed by atoms with Gasteiger partial charge in [-0.3, -0.25) is 4.79 Å². The van der Waals surface area contributed by atoms with Gasteiger partial charge < -0.3 is 11.1 Å². The minimum absolute atomic E-state index is 0.0766. The molecule has 3 nitrogen and oxygen atoms in total. The summed E-state index contributed by atoms with van der Waals surface area (Å²) in [4.78, 5) is 13.1. The first kappa shape index (κ1) is 13.1. The number of halogens is 1. The summed E-state index contributed by atoms with van der Waals surface area (Å²) >= 11 is 5.01. The molecule has 1 amide bonds. The first-order valence-corrected chi connectivity index (χ1v) is 7.19. The van der Waals surface area contributed by atoms with Crippen molar-refractivity contribution in [2.24, 2.45) is 0 Å².